The zero-order chi connectivity index (χ0) is 19.7. The average Bonchev–Trinajstić information content (AvgIpc) is 3.26. The fourth-order valence-electron chi connectivity index (χ4n) is 3.47. The van der Waals surface area contributed by atoms with Gasteiger partial charge in [-0.1, -0.05) is 25.6 Å². The molecule has 28 heavy (non-hydrogen) atoms. The van der Waals surface area contributed by atoms with Gasteiger partial charge in [-0.15, -0.1) is 0 Å². The summed E-state index contributed by atoms with van der Waals surface area (Å²) in [5, 5.41) is 7.31. The highest BCUT2D eigenvalue weighted by atomic mass is 16.2. The number of aromatic amines is 1. The normalized spacial score (nSPS) is 17.3. The Hall–Kier alpha value is -3.02. The second-order valence-electron chi connectivity index (χ2n) is 7.59. The number of carbonyl (C=O) groups is 2. The van der Waals surface area contributed by atoms with Crippen LogP contribution in [0.4, 0.5) is 0 Å². The molecule has 144 valence electrons. The van der Waals surface area contributed by atoms with Gasteiger partial charge in [0.15, 0.2) is 0 Å². The third-order valence-corrected chi connectivity index (χ3v) is 5.51. The molecule has 0 bridgehead atoms. The Kier molecular flexibility index (Phi) is 4.94. The summed E-state index contributed by atoms with van der Waals surface area (Å²) < 4.78 is 0. The van der Waals surface area contributed by atoms with Crippen molar-refractivity contribution in [3.05, 3.63) is 65.8 Å². The number of nitrogens with zero attached hydrogens (tertiary/aromatic N) is 3. The van der Waals surface area contributed by atoms with Crippen molar-refractivity contribution >= 4 is 17.3 Å². The number of hydrogen-bond acceptors (Lipinski definition) is 4. The van der Waals surface area contributed by atoms with Crippen molar-refractivity contribution in [2.75, 3.05) is 13.1 Å². The average molecular weight is 376 g/mol. The lowest BCUT2D eigenvalue weighted by Gasteiger charge is -2.14. The van der Waals surface area contributed by atoms with Crippen molar-refractivity contribution in [1.82, 2.24) is 20.1 Å². The Morgan fingerprint density at radius 2 is 2.21 bits per heavy atom. The zero-order valence-electron chi connectivity index (χ0n) is 16.0. The van der Waals surface area contributed by atoms with Crippen LogP contribution < -0.4 is 0 Å². The van der Waals surface area contributed by atoms with Crippen LogP contribution in [-0.2, 0) is 16.0 Å². The van der Waals surface area contributed by atoms with Crippen molar-refractivity contribution in [2.45, 2.75) is 38.0 Å². The summed E-state index contributed by atoms with van der Waals surface area (Å²) in [7, 11) is 0. The summed E-state index contributed by atoms with van der Waals surface area (Å²) >= 11 is 0. The van der Waals surface area contributed by atoms with Gasteiger partial charge in [0.2, 0.25) is 5.91 Å². The van der Waals surface area contributed by atoms with Gasteiger partial charge < -0.3 is 4.90 Å². The molecule has 1 unspecified atom stereocenters. The number of rotatable bonds is 7. The van der Waals surface area contributed by atoms with Crippen molar-refractivity contribution in [1.29, 1.82) is 0 Å². The van der Waals surface area contributed by atoms with E-state index in [1.54, 1.807) is 11.1 Å². The third-order valence-electron chi connectivity index (χ3n) is 5.51. The van der Waals surface area contributed by atoms with Crippen LogP contribution in [0.25, 0.3) is 5.57 Å². The van der Waals surface area contributed by atoms with Crippen LogP contribution >= 0.6 is 0 Å². The van der Waals surface area contributed by atoms with E-state index < -0.39 is 0 Å². The number of ketones is 1. The molecule has 1 saturated carbocycles. The van der Waals surface area contributed by atoms with E-state index in [4.69, 9.17) is 0 Å². The predicted molar refractivity (Wildman–Crippen MR) is 107 cm³/mol. The minimum absolute atomic E-state index is 0.0780. The van der Waals surface area contributed by atoms with E-state index in [-0.39, 0.29) is 17.6 Å². The second-order valence-corrected chi connectivity index (χ2v) is 7.59. The van der Waals surface area contributed by atoms with Crippen molar-refractivity contribution in [3.63, 3.8) is 0 Å². The number of H-pyrrole nitrogens is 1. The van der Waals surface area contributed by atoms with E-state index in [1.807, 2.05) is 31.2 Å². The summed E-state index contributed by atoms with van der Waals surface area (Å²) in [5.41, 5.74) is 4.71. The first kappa shape index (κ1) is 18.3. The molecule has 1 aliphatic carbocycles. The third kappa shape index (κ3) is 3.81. The van der Waals surface area contributed by atoms with Gasteiger partial charge in [0, 0.05) is 43.2 Å². The molecule has 6 nitrogen and oxygen atoms in total. The highest BCUT2D eigenvalue weighted by molar-refractivity contribution is 5.90. The number of pyridine rings is 1. The van der Waals surface area contributed by atoms with Gasteiger partial charge in [-0.2, -0.15) is 5.10 Å². The zero-order valence-corrected chi connectivity index (χ0v) is 16.0. The highest BCUT2D eigenvalue weighted by Gasteiger charge is 2.27. The lowest BCUT2D eigenvalue weighted by molar-refractivity contribution is -0.124. The molecule has 0 aromatic carbocycles. The standard InChI is InChI=1S/C22H24N4O2/c1-3-22(28)26-9-8-17(13-26)19-7-6-16(12-23-19)14(2)21(27)11-18-10-20(25-24-18)15-4-5-15/h3,6-8,10,12,14-15H,1,4-5,9,11,13H2,2H3,(H,24,25). The van der Waals surface area contributed by atoms with E-state index in [2.05, 4.69) is 21.8 Å². The quantitative estimate of drug-likeness (QED) is 0.754. The SMILES string of the molecule is C=CC(=O)N1CC=C(c2ccc(C(C)C(=O)Cc3cc(C4CC4)n[nH]3)cn2)C1. The second kappa shape index (κ2) is 7.54. The topological polar surface area (TPSA) is 79.0 Å². The molecule has 0 saturated heterocycles. The van der Waals surface area contributed by atoms with Crippen LogP contribution in [0.3, 0.4) is 0 Å². The molecule has 2 aliphatic rings. The molecule has 1 fully saturated rings. The molecule has 0 radical (unpaired) electrons. The monoisotopic (exact) mass is 376 g/mol. The van der Waals surface area contributed by atoms with Crippen LogP contribution in [0.2, 0.25) is 0 Å². The molecule has 1 aliphatic heterocycles. The Morgan fingerprint density at radius 3 is 2.89 bits per heavy atom. The molecular formula is C22H24N4O2. The first-order valence-corrected chi connectivity index (χ1v) is 9.68. The van der Waals surface area contributed by atoms with Gasteiger partial charge in [0.05, 0.1) is 11.4 Å². The van der Waals surface area contributed by atoms with E-state index in [0.717, 1.165) is 28.2 Å². The molecule has 1 amide bonds. The summed E-state index contributed by atoms with van der Waals surface area (Å²) in [6.07, 6.45) is 7.85. The first-order chi connectivity index (χ1) is 13.5. The van der Waals surface area contributed by atoms with Crippen molar-refractivity contribution in [2.24, 2.45) is 0 Å². The Bertz CT molecular complexity index is 938. The number of carbonyl (C=O) groups excluding carboxylic acids is 2. The van der Waals surface area contributed by atoms with Gasteiger partial charge >= 0.3 is 0 Å². The molecule has 4 rings (SSSR count). The summed E-state index contributed by atoms with van der Waals surface area (Å²) in [6.45, 7) is 6.55. The fourth-order valence-corrected chi connectivity index (χ4v) is 3.47. The number of aromatic nitrogens is 3. The summed E-state index contributed by atoms with van der Waals surface area (Å²) in [6, 6.07) is 5.90. The maximum atomic E-state index is 12.7. The molecule has 1 N–H and O–H groups in total. The van der Waals surface area contributed by atoms with Crippen LogP contribution in [0.1, 0.15) is 54.2 Å². The van der Waals surface area contributed by atoms with Gasteiger partial charge in [-0.25, -0.2) is 0 Å². The number of nitrogens with one attached hydrogen (secondary N) is 1. The lowest BCUT2D eigenvalue weighted by Crippen LogP contribution is -2.26. The number of Topliss-reactive ketones (excluding diaryl/α,β-unsaturated/α-hetero) is 1. The molecule has 6 heteroatoms. The first-order valence-electron chi connectivity index (χ1n) is 9.68. The molecule has 1 atom stereocenters. The van der Waals surface area contributed by atoms with Gasteiger partial charge in [0.1, 0.15) is 5.78 Å². The molecule has 0 spiro atoms. The smallest absolute Gasteiger partial charge is 0.246 e. The van der Waals surface area contributed by atoms with Crippen molar-refractivity contribution < 1.29 is 9.59 Å². The molecule has 2 aromatic rings. The van der Waals surface area contributed by atoms with Crippen molar-refractivity contribution in [3.8, 4) is 0 Å². The van der Waals surface area contributed by atoms with Crippen LogP contribution in [0.5, 0.6) is 0 Å². The minimum atomic E-state index is -0.231. The lowest BCUT2D eigenvalue weighted by atomic mass is 9.95. The summed E-state index contributed by atoms with van der Waals surface area (Å²) in [5.74, 6) is 0.414. The largest absolute Gasteiger partial charge is 0.331 e. The minimum Gasteiger partial charge on any atom is -0.331 e. The Balaban J connectivity index is 1.38. The Morgan fingerprint density at radius 1 is 1.39 bits per heavy atom. The van der Waals surface area contributed by atoms with E-state index in [9.17, 15) is 9.59 Å². The van der Waals surface area contributed by atoms with E-state index in [0.29, 0.717) is 25.4 Å². The maximum absolute atomic E-state index is 12.7. The van der Waals surface area contributed by atoms with Gasteiger partial charge in [0.25, 0.3) is 0 Å². The maximum Gasteiger partial charge on any atom is 0.246 e. The van der Waals surface area contributed by atoms with E-state index >= 15 is 0 Å². The molecular weight excluding hydrogens is 352 g/mol. The Labute approximate surface area is 164 Å². The number of hydrogen-bond donors (Lipinski definition) is 1. The van der Waals surface area contributed by atoms with Gasteiger partial charge in [-0.3, -0.25) is 19.7 Å². The molecule has 3 heterocycles. The van der Waals surface area contributed by atoms with Crippen LogP contribution in [0.15, 0.2) is 43.1 Å². The number of amides is 1. The fraction of sp³-hybridized carbons (Fsp3) is 0.364. The summed E-state index contributed by atoms with van der Waals surface area (Å²) in [4.78, 5) is 30.6. The van der Waals surface area contributed by atoms with Crippen LogP contribution in [-0.4, -0.2) is 44.9 Å². The van der Waals surface area contributed by atoms with Gasteiger partial charge in [-0.05, 0) is 42.2 Å². The van der Waals surface area contributed by atoms with E-state index in [1.165, 1.54) is 18.9 Å². The molecule has 2 aromatic heterocycles. The highest BCUT2D eigenvalue weighted by Crippen LogP contribution is 2.39. The predicted octanol–water partition coefficient (Wildman–Crippen LogP) is 3.01. The van der Waals surface area contributed by atoms with Crippen LogP contribution in [0, 0.1) is 0 Å².